The topological polar surface area (TPSA) is 51.0 Å². The lowest BCUT2D eigenvalue weighted by molar-refractivity contribution is 0.556. The summed E-state index contributed by atoms with van der Waals surface area (Å²) in [5, 5.41) is 3.32. The first-order valence-corrected chi connectivity index (χ1v) is 7.58. The van der Waals surface area contributed by atoms with Crippen molar-refractivity contribution in [1.29, 1.82) is 0 Å². The Kier molecular flexibility index (Phi) is 4.48. The summed E-state index contributed by atoms with van der Waals surface area (Å²) < 4.78 is 6.34. The fourth-order valence-corrected chi connectivity index (χ4v) is 2.11. The van der Waals surface area contributed by atoms with Crippen molar-refractivity contribution in [3.05, 3.63) is 28.6 Å². The summed E-state index contributed by atoms with van der Waals surface area (Å²) in [6, 6.07) is 3.86. The van der Waals surface area contributed by atoms with Crippen LogP contribution in [0.1, 0.15) is 39.8 Å². The van der Waals surface area contributed by atoms with Gasteiger partial charge in [-0.2, -0.15) is 0 Å². The van der Waals surface area contributed by atoms with Gasteiger partial charge in [0.25, 0.3) is 0 Å². The number of hydrogen-bond acceptors (Lipinski definition) is 4. The van der Waals surface area contributed by atoms with Gasteiger partial charge in [-0.25, -0.2) is 9.97 Å². The third-order valence-corrected chi connectivity index (χ3v) is 3.50. The molecule has 0 amide bonds. The molecule has 0 aliphatic carbocycles. The van der Waals surface area contributed by atoms with Gasteiger partial charge in [0.2, 0.25) is 0 Å². The average Bonchev–Trinajstić information content (AvgIpc) is 2.81. The van der Waals surface area contributed by atoms with E-state index in [1.54, 1.807) is 6.26 Å². The summed E-state index contributed by atoms with van der Waals surface area (Å²) in [7, 11) is 0. The van der Waals surface area contributed by atoms with E-state index in [-0.39, 0.29) is 5.41 Å². The molecule has 0 saturated carbocycles. The summed E-state index contributed by atoms with van der Waals surface area (Å²) in [4.78, 5) is 9.18. The van der Waals surface area contributed by atoms with Gasteiger partial charge in [0.05, 0.1) is 16.4 Å². The van der Waals surface area contributed by atoms with Crippen LogP contribution < -0.4 is 5.32 Å². The Hall–Kier alpha value is -1.36. The highest BCUT2D eigenvalue weighted by atomic mass is 79.9. The van der Waals surface area contributed by atoms with E-state index in [9.17, 15) is 0 Å². The van der Waals surface area contributed by atoms with Gasteiger partial charge in [-0.3, -0.25) is 0 Å². The van der Waals surface area contributed by atoms with E-state index in [4.69, 9.17) is 4.42 Å². The molecule has 0 aliphatic heterocycles. The van der Waals surface area contributed by atoms with E-state index in [2.05, 4.69) is 58.9 Å². The highest BCUT2D eigenvalue weighted by Gasteiger charge is 2.20. The van der Waals surface area contributed by atoms with E-state index in [0.717, 1.165) is 29.0 Å². The zero-order valence-corrected chi connectivity index (χ0v) is 13.9. The highest BCUT2D eigenvalue weighted by molar-refractivity contribution is 9.10. The first-order chi connectivity index (χ1) is 9.41. The minimum absolute atomic E-state index is 0.0423. The van der Waals surface area contributed by atoms with Crippen molar-refractivity contribution < 1.29 is 4.42 Å². The number of nitrogens with one attached hydrogen (secondary N) is 1. The van der Waals surface area contributed by atoms with Crippen LogP contribution in [0.15, 0.2) is 27.3 Å². The van der Waals surface area contributed by atoms with E-state index in [1.165, 1.54) is 0 Å². The summed E-state index contributed by atoms with van der Waals surface area (Å²) in [6.07, 6.45) is 2.68. The van der Waals surface area contributed by atoms with E-state index >= 15 is 0 Å². The Morgan fingerprint density at radius 1 is 1.30 bits per heavy atom. The molecule has 4 nitrogen and oxygen atoms in total. The van der Waals surface area contributed by atoms with Gasteiger partial charge in [-0.15, -0.1) is 0 Å². The second-order valence-electron chi connectivity index (χ2n) is 5.74. The quantitative estimate of drug-likeness (QED) is 0.884. The van der Waals surface area contributed by atoms with Crippen LogP contribution in [0.4, 0.5) is 5.82 Å². The SMILES string of the molecule is CCCNc1cc(C(C)(C)C)nc(-c2occc2Br)n1. The van der Waals surface area contributed by atoms with Crippen LogP contribution >= 0.6 is 15.9 Å². The number of halogens is 1. The molecule has 5 heteroatoms. The van der Waals surface area contributed by atoms with Crippen LogP contribution in [0.2, 0.25) is 0 Å². The Morgan fingerprint density at radius 2 is 2.05 bits per heavy atom. The predicted octanol–water partition coefficient (Wildman–Crippen LogP) is 4.62. The van der Waals surface area contributed by atoms with Crippen molar-refractivity contribution in [2.75, 3.05) is 11.9 Å². The fraction of sp³-hybridized carbons (Fsp3) is 0.467. The molecule has 0 unspecified atom stereocenters. The van der Waals surface area contributed by atoms with Crippen molar-refractivity contribution in [3.8, 4) is 11.6 Å². The number of hydrogen-bond donors (Lipinski definition) is 1. The third kappa shape index (κ3) is 3.39. The van der Waals surface area contributed by atoms with Crippen LogP contribution in [-0.2, 0) is 5.41 Å². The number of nitrogens with zero attached hydrogens (tertiary/aromatic N) is 2. The van der Waals surface area contributed by atoms with Gasteiger partial charge in [0, 0.05) is 18.0 Å². The highest BCUT2D eigenvalue weighted by Crippen LogP contribution is 2.30. The Bertz CT molecular complexity index is 587. The van der Waals surface area contributed by atoms with Crippen molar-refractivity contribution in [2.45, 2.75) is 39.5 Å². The normalized spacial score (nSPS) is 11.7. The van der Waals surface area contributed by atoms with E-state index in [0.29, 0.717) is 11.6 Å². The monoisotopic (exact) mass is 337 g/mol. The average molecular weight is 338 g/mol. The van der Waals surface area contributed by atoms with Crippen LogP contribution in [0, 0.1) is 0 Å². The standard InChI is InChI=1S/C15H20BrN3O/c1-5-7-17-12-9-11(15(2,3)4)18-14(19-12)13-10(16)6-8-20-13/h6,8-9H,5,7H2,1-4H3,(H,17,18,19). The molecule has 2 heterocycles. The summed E-state index contributed by atoms with van der Waals surface area (Å²) in [5.74, 6) is 2.11. The van der Waals surface area contributed by atoms with Crippen molar-refractivity contribution in [1.82, 2.24) is 9.97 Å². The molecule has 0 aromatic carbocycles. The molecule has 0 radical (unpaired) electrons. The van der Waals surface area contributed by atoms with Crippen LogP contribution in [-0.4, -0.2) is 16.5 Å². The largest absolute Gasteiger partial charge is 0.460 e. The second kappa shape index (κ2) is 5.95. The van der Waals surface area contributed by atoms with Crippen LogP contribution in [0.5, 0.6) is 0 Å². The maximum Gasteiger partial charge on any atom is 0.199 e. The number of anilines is 1. The Morgan fingerprint density at radius 3 is 2.60 bits per heavy atom. The number of aromatic nitrogens is 2. The molecule has 0 saturated heterocycles. The molecule has 2 aromatic rings. The van der Waals surface area contributed by atoms with E-state index < -0.39 is 0 Å². The summed E-state index contributed by atoms with van der Waals surface area (Å²) in [5.41, 5.74) is 0.948. The zero-order chi connectivity index (χ0) is 14.8. The molecule has 2 rings (SSSR count). The molecule has 2 aromatic heterocycles. The third-order valence-electron chi connectivity index (χ3n) is 2.87. The Balaban J connectivity index is 2.48. The molecular formula is C15H20BrN3O. The van der Waals surface area contributed by atoms with Gasteiger partial charge in [-0.1, -0.05) is 27.7 Å². The van der Waals surface area contributed by atoms with Gasteiger partial charge in [-0.05, 0) is 28.4 Å². The summed E-state index contributed by atoms with van der Waals surface area (Å²) >= 11 is 3.46. The first kappa shape index (κ1) is 15.0. The van der Waals surface area contributed by atoms with E-state index in [1.807, 2.05) is 12.1 Å². The maximum atomic E-state index is 5.48. The molecule has 0 atom stereocenters. The summed E-state index contributed by atoms with van der Waals surface area (Å²) in [6.45, 7) is 9.43. The smallest absolute Gasteiger partial charge is 0.199 e. The van der Waals surface area contributed by atoms with Crippen LogP contribution in [0.25, 0.3) is 11.6 Å². The van der Waals surface area contributed by atoms with Crippen molar-refractivity contribution >= 4 is 21.7 Å². The molecule has 0 fully saturated rings. The molecule has 1 N–H and O–H groups in total. The van der Waals surface area contributed by atoms with Gasteiger partial charge in [0.15, 0.2) is 11.6 Å². The molecular weight excluding hydrogens is 318 g/mol. The maximum absolute atomic E-state index is 5.48. The zero-order valence-electron chi connectivity index (χ0n) is 12.3. The Labute approximate surface area is 128 Å². The molecule has 0 bridgehead atoms. The van der Waals surface area contributed by atoms with Gasteiger partial charge >= 0.3 is 0 Å². The van der Waals surface area contributed by atoms with Crippen molar-refractivity contribution in [3.63, 3.8) is 0 Å². The van der Waals surface area contributed by atoms with Crippen LogP contribution in [0.3, 0.4) is 0 Å². The fourth-order valence-electron chi connectivity index (χ4n) is 1.73. The molecule has 20 heavy (non-hydrogen) atoms. The molecule has 108 valence electrons. The van der Waals surface area contributed by atoms with Gasteiger partial charge < -0.3 is 9.73 Å². The second-order valence-corrected chi connectivity index (χ2v) is 6.59. The predicted molar refractivity (Wildman–Crippen MR) is 84.9 cm³/mol. The lowest BCUT2D eigenvalue weighted by Crippen LogP contribution is -2.16. The number of furan rings is 1. The minimum Gasteiger partial charge on any atom is -0.460 e. The first-order valence-electron chi connectivity index (χ1n) is 6.78. The van der Waals surface area contributed by atoms with Gasteiger partial charge in [0.1, 0.15) is 5.82 Å². The van der Waals surface area contributed by atoms with Crippen molar-refractivity contribution in [2.24, 2.45) is 0 Å². The lowest BCUT2D eigenvalue weighted by Gasteiger charge is -2.19. The lowest BCUT2D eigenvalue weighted by atomic mass is 9.92. The minimum atomic E-state index is -0.0423. The number of rotatable bonds is 4. The molecule has 0 aliphatic rings. The molecule has 0 spiro atoms.